The molecule has 2 N–H and O–H groups in total. The van der Waals surface area contributed by atoms with Crippen molar-refractivity contribution >= 4 is 12.1 Å². The van der Waals surface area contributed by atoms with E-state index in [1.807, 2.05) is 0 Å². The average molecular weight is 397 g/mol. The van der Waals surface area contributed by atoms with Crippen LogP contribution in [0.15, 0.2) is 0 Å². The lowest BCUT2D eigenvalue weighted by Crippen LogP contribution is -2.41. The lowest BCUT2D eigenvalue weighted by atomic mass is 9.97. The number of nitrogens with zero attached hydrogens (tertiary/aromatic N) is 2. The van der Waals surface area contributed by atoms with Gasteiger partial charge in [-0.2, -0.15) is 0 Å². The van der Waals surface area contributed by atoms with Crippen LogP contribution in [0.1, 0.15) is 89.9 Å². The van der Waals surface area contributed by atoms with Crippen LogP contribution in [0.3, 0.4) is 0 Å². The number of urea groups is 2. The van der Waals surface area contributed by atoms with Gasteiger partial charge in [0.1, 0.15) is 0 Å². The molecule has 4 amide bonds. The van der Waals surface area contributed by atoms with Crippen molar-refractivity contribution in [2.45, 2.75) is 102 Å². The summed E-state index contributed by atoms with van der Waals surface area (Å²) in [7, 11) is 7.16. The summed E-state index contributed by atoms with van der Waals surface area (Å²) in [4.78, 5) is 26.1. The van der Waals surface area contributed by atoms with E-state index < -0.39 is 0 Å². The number of rotatable bonds is 2. The SMILES string of the molecule is CN(C)C(=O)NC1CCCCCCC1.CN(C)C(=O)NC1CCCCCCC1. The van der Waals surface area contributed by atoms with Crippen LogP contribution in [-0.4, -0.2) is 62.1 Å². The Bertz CT molecular complexity index is 384. The smallest absolute Gasteiger partial charge is 0.317 e. The first-order valence-electron chi connectivity index (χ1n) is 11.4. The molecular formula is C22H44N4O2. The van der Waals surface area contributed by atoms with Crippen molar-refractivity contribution < 1.29 is 9.59 Å². The van der Waals surface area contributed by atoms with Crippen LogP contribution in [0.2, 0.25) is 0 Å². The molecule has 2 rings (SSSR count). The van der Waals surface area contributed by atoms with Gasteiger partial charge in [-0.15, -0.1) is 0 Å². The predicted molar refractivity (Wildman–Crippen MR) is 117 cm³/mol. The zero-order valence-electron chi connectivity index (χ0n) is 18.8. The molecule has 0 aromatic rings. The quantitative estimate of drug-likeness (QED) is 0.708. The third-order valence-electron chi connectivity index (χ3n) is 5.68. The Hall–Kier alpha value is -1.46. The summed E-state index contributed by atoms with van der Waals surface area (Å²) < 4.78 is 0. The summed E-state index contributed by atoms with van der Waals surface area (Å²) in [5.74, 6) is 0. The highest BCUT2D eigenvalue weighted by atomic mass is 16.2. The molecule has 0 bridgehead atoms. The van der Waals surface area contributed by atoms with Gasteiger partial charge >= 0.3 is 12.1 Å². The molecule has 2 fully saturated rings. The molecule has 2 aliphatic rings. The molecule has 28 heavy (non-hydrogen) atoms. The van der Waals surface area contributed by atoms with Crippen LogP contribution in [0.5, 0.6) is 0 Å². The number of hydrogen-bond acceptors (Lipinski definition) is 2. The van der Waals surface area contributed by atoms with Gasteiger partial charge in [0.15, 0.2) is 0 Å². The molecule has 0 aliphatic heterocycles. The first-order chi connectivity index (χ1) is 13.4. The summed E-state index contributed by atoms with van der Waals surface area (Å²) >= 11 is 0. The normalized spacial score (nSPS) is 19.6. The number of nitrogens with one attached hydrogen (secondary N) is 2. The number of carbonyl (C=O) groups is 2. The summed E-state index contributed by atoms with van der Waals surface area (Å²) in [6.07, 6.45) is 17.7. The predicted octanol–water partition coefficient (Wildman–Crippen LogP) is 4.74. The van der Waals surface area contributed by atoms with Crippen molar-refractivity contribution in [3.05, 3.63) is 0 Å². The number of carbonyl (C=O) groups excluding carboxylic acids is 2. The Balaban J connectivity index is 0.000000280. The summed E-state index contributed by atoms with van der Waals surface area (Å²) in [5, 5.41) is 6.15. The average Bonchev–Trinajstić information content (AvgIpc) is 2.59. The zero-order chi connectivity index (χ0) is 20.8. The van der Waals surface area contributed by atoms with Crippen molar-refractivity contribution in [1.82, 2.24) is 20.4 Å². The largest absolute Gasteiger partial charge is 0.335 e. The van der Waals surface area contributed by atoms with Crippen LogP contribution in [-0.2, 0) is 0 Å². The fraction of sp³-hybridized carbons (Fsp3) is 0.909. The van der Waals surface area contributed by atoms with E-state index in [-0.39, 0.29) is 12.1 Å². The molecule has 164 valence electrons. The van der Waals surface area contributed by atoms with E-state index in [0.717, 1.165) is 25.7 Å². The van der Waals surface area contributed by atoms with E-state index in [2.05, 4.69) is 10.6 Å². The first-order valence-corrected chi connectivity index (χ1v) is 11.4. The van der Waals surface area contributed by atoms with E-state index in [9.17, 15) is 9.59 Å². The third kappa shape index (κ3) is 11.4. The van der Waals surface area contributed by atoms with Crippen LogP contribution >= 0.6 is 0 Å². The second kappa shape index (κ2) is 14.5. The summed E-state index contributed by atoms with van der Waals surface area (Å²) in [6, 6.07) is 0.918. The minimum atomic E-state index is 0.0515. The van der Waals surface area contributed by atoms with Crippen molar-refractivity contribution in [3.8, 4) is 0 Å². The molecule has 6 heteroatoms. The van der Waals surface area contributed by atoms with Gasteiger partial charge < -0.3 is 20.4 Å². The van der Waals surface area contributed by atoms with Gasteiger partial charge in [-0.3, -0.25) is 0 Å². The molecule has 0 radical (unpaired) electrons. The van der Waals surface area contributed by atoms with Gasteiger partial charge in [0.25, 0.3) is 0 Å². The maximum Gasteiger partial charge on any atom is 0.317 e. The minimum Gasteiger partial charge on any atom is -0.335 e. The van der Waals surface area contributed by atoms with Crippen LogP contribution in [0.4, 0.5) is 9.59 Å². The fourth-order valence-electron chi connectivity index (χ4n) is 3.81. The van der Waals surface area contributed by atoms with Gasteiger partial charge in [0, 0.05) is 40.3 Å². The maximum atomic E-state index is 11.4. The molecule has 0 spiro atoms. The van der Waals surface area contributed by atoms with Crippen molar-refractivity contribution in [1.29, 1.82) is 0 Å². The molecular weight excluding hydrogens is 352 g/mol. The topological polar surface area (TPSA) is 64.7 Å². The molecule has 0 unspecified atom stereocenters. The molecule has 0 heterocycles. The highest BCUT2D eigenvalue weighted by Crippen LogP contribution is 2.18. The minimum absolute atomic E-state index is 0.0515. The molecule has 0 saturated heterocycles. The highest BCUT2D eigenvalue weighted by molar-refractivity contribution is 5.74. The highest BCUT2D eigenvalue weighted by Gasteiger charge is 2.15. The van der Waals surface area contributed by atoms with Crippen LogP contribution < -0.4 is 10.6 Å². The summed E-state index contributed by atoms with van der Waals surface area (Å²) in [6.45, 7) is 0. The van der Waals surface area contributed by atoms with E-state index in [1.165, 1.54) is 64.2 Å². The van der Waals surface area contributed by atoms with Crippen molar-refractivity contribution in [3.63, 3.8) is 0 Å². The lowest BCUT2D eigenvalue weighted by molar-refractivity contribution is 0.209. The standard InChI is InChI=1S/2C11H22N2O/c2*1-13(2)11(14)12-10-8-6-4-3-5-7-9-10/h2*10H,3-9H2,1-2H3,(H,12,14). The van der Waals surface area contributed by atoms with Crippen molar-refractivity contribution in [2.24, 2.45) is 0 Å². The molecule has 0 aromatic heterocycles. The molecule has 0 aromatic carbocycles. The Labute approximate surface area is 172 Å². The monoisotopic (exact) mass is 396 g/mol. The first kappa shape index (κ1) is 24.6. The van der Waals surface area contributed by atoms with E-state index in [1.54, 1.807) is 38.0 Å². The Kier molecular flexibility index (Phi) is 12.8. The number of hydrogen-bond donors (Lipinski definition) is 2. The molecule has 0 atom stereocenters. The zero-order valence-corrected chi connectivity index (χ0v) is 18.8. The maximum absolute atomic E-state index is 11.4. The Morgan fingerprint density at radius 3 is 1.04 bits per heavy atom. The molecule has 2 saturated carbocycles. The van der Waals surface area contributed by atoms with Crippen LogP contribution in [0.25, 0.3) is 0 Å². The van der Waals surface area contributed by atoms with Crippen LogP contribution in [0, 0.1) is 0 Å². The second-order valence-electron chi connectivity index (χ2n) is 8.77. The van der Waals surface area contributed by atoms with E-state index in [0.29, 0.717) is 12.1 Å². The summed E-state index contributed by atoms with van der Waals surface area (Å²) in [5.41, 5.74) is 0. The third-order valence-corrected chi connectivity index (χ3v) is 5.68. The van der Waals surface area contributed by atoms with E-state index in [4.69, 9.17) is 0 Å². The number of amides is 4. The fourth-order valence-corrected chi connectivity index (χ4v) is 3.81. The van der Waals surface area contributed by atoms with Gasteiger partial charge in [0.05, 0.1) is 0 Å². The second-order valence-corrected chi connectivity index (χ2v) is 8.77. The molecule has 6 nitrogen and oxygen atoms in total. The van der Waals surface area contributed by atoms with Gasteiger partial charge in [-0.25, -0.2) is 9.59 Å². The lowest BCUT2D eigenvalue weighted by Gasteiger charge is -2.23. The van der Waals surface area contributed by atoms with Gasteiger partial charge in [-0.1, -0.05) is 64.2 Å². The van der Waals surface area contributed by atoms with Gasteiger partial charge in [-0.05, 0) is 25.7 Å². The Morgan fingerprint density at radius 2 is 0.786 bits per heavy atom. The molecule has 2 aliphatic carbocycles. The van der Waals surface area contributed by atoms with E-state index >= 15 is 0 Å². The van der Waals surface area contributed by atoms with Gasteiger partial charge in [0.2, 0.25) is 0 Å². The van der Waals surface area contributed by atoms with Crippen molar-refractivity contribution in [2.75, 3.05) is 28.2 Å². The Morgan fingerprint density at radius 1 is 0.536 bits per heavy atom.